The molecule has 6 aromatic rings. The van der Waals surface area contributed by atoms with Crippen LogP contribution in [0.4, 0.5) is 0 Å². The maximum absolute atomic E-state index is 2.52. The van der Waals surface area contributed by atoms with Crippen LogP contribution in [0.25, 0.3) is 56.5 Å². The number of para-hydroxylation sites is 1. The molecule has 0 N–H and O–H groups in total. The lowest BCUT2D eigenvalue weighted by Crippen LogP contribution is -2.02. The Morgan fingerprint density at radius 1 is 0.596 bits per heavy atom. The highest BCUT2D eigenvalue weighted by Crippen LogP contribution is 2.40. The molecule has 2 nitrogen and oxygen atoms in total. The van der Waals surface area contributed by atoms with Gasteiger partial charge in [0.25, 0.3) is 0 Å². The van der Waals surface area contributed by atoms with Crippen LogP contribution >= 0.6 is 0 Å². The van der Waals surface area contributed by atoms with E-state index in [1.165, 1.54) is 123 Å². The van der Waals surface area contributed by atoms with Crippen molar-refractivity contribution in [3.8, 4) is 22.5 Å². The Balaban J connectivity index is 0.000000367. The highest BCUT2D eigenvalue weighted by molar-refractivity contribution is 5.95. The maximum Gasteiger partial charge on any atom is 0.0572 e. The molecule has 0 spiro atoms. The normalized spacial score (nSPS) is 13.2. The Morgan fingerprint density at radius 2 is 1.16 bits per heavy atom. The molecule has 2 heteroatoms. The first-order chi connectivity index (χ1) is 27.8. The molecule has 0 unspecified atom stereocenters. The molecule has 0 saturated carbocycles. The van der Waals surface area contributed by atoms with Crippen LogP contribution in [-0.2, 0) is 12.8 Å². The van der Waals surface area contributed by atoms with Crippen molar-refractivity contribution in [2.24, 2.45) is 0 Å². The average molecular weight is 757 g/mol. The number of hydrogen-bond acceptors (Lipinski definition) is 0. The van der Waals surface area contributed by atoms with E-state index in [2.05, 4.69) is 186 Å². The molecule has 8 rings (SSSR count). The van der Waals surface area contributed by atoms with Crippen LogP contribution in [0, 0.1) is 0 Å². The van der Waals surface area contributed by atoms with Gasteiger partial charge in [-0.3, -0.25) is 0 Å². The van der Waals surface area contributed by atoms with Crippen molar-refractivity contribution in [3.05, 3.63) is 143 Å². The molecule has 0 fully saturated rings. The van der Waals surface area contributed by atoms with Crippen LogP contribution in [-0.4, -0.2) is 9.13 Å². The van der Waals surface area contributed by atoms with E-state index >= 15 is 0 Å². The predicted octanol–water partition coefficient (Wildman–Crippen LogP) is 16.7. The Kier molecular flexibility index (Phi) is 14.7. The molecule has 0 aliphatic heterocycles. The summed E-state index contributed by atoms with van der Waals surface area (Å²) in [6, 6.07) is 32.0. The van der Waals surface area contributed by atoms with Crippen LogP contribution < -0.4 is 0 Å². The van der Waals surface area contributed by atoms with E-state index in [0.717, 1.165) is 25.7 Å². The van der Waals surface area contributed by atoms with E-state index < -0.39 is 0 Å². The van der Waals surface area contributed by atoms with Crippen molar-refractivity contribution >= 4 is 34.0 Å². The first kappa shape index (κ1) is 41.8. The minimum absolute atomic E-state index is 0.449. The van der Waals surface area contributed by atoms with Gasteiger partial charge in [-0.2, -0.15) is 0 Å². The largest absolute Gasteiger partial charge is 0.310 e. The highest BCUT2D eigenvalue weighted by Gasteiger charge is 2.23. The molecule has 2 aliphatic rings. The monoisotopic (exact) mass is 757 g/mol. The molecular weight excluding hydrogens is 689 g/mol. The smallest absolute Gasteiger partial charge is 0.0572 e. The summed E-state index contributed by atoms with van der Waals surface area (Å²) in [7, 11) is 0. The zero-order valence-corrected chi connectivity index (χ0v) is 36.4. The van der Waals surface area contributed by atoms with Crippen molar-refractivity contribution < 1.29 is 0 Å². The molecule has 2 heterocycles. The van der Waals surface area contributed by atoms with Crippen molar-refractivity contribution in [2.45, 2.75) is 138 Å². The Hall–Kier alpha value is -4.82. The number of unbranched alkanes of at least 4 members (excludes halogenated alkanes) is 5. The van der Waals surface area contributed by atoms with Crippen LogP contribution in [0.5, 0.6) is 0 Å². The first-order valence-electron chi connectivity index (χ1n) is 22.3. The second-order valence-electron chi connectivity index (χ2n) is 16.6. The molecule has 298 valence electrons. The molecule has 0 saturated heterocycles. The van der Waals surface area contributed by atoms with E-state index in [0.29, 0.717) is 11.8 Å². The zero-order valence-electron chi connectivity index (χ0n) is 36.4. The molecular formula is C55H68N2. The number of allylic oxidation sites excluding steroid dienone is 4. The summed E-state index contributed by atoms with van der Waals surface area (Å²) < 4.78 is 5.02. The van der Waals surface area contributed by atoms with Gasteiger partial charge in [0.1, 0.15) is 0 Å². The molecule has 0 amide bonds. The minimum atomic E-state index is 0.449. The van der Waals surface area contributed by atoms with Crippen LogP contribution in [0.3, 0.4) is 0 Å². The Bertz CT molecular complexity index is 2330. The summed E-state index contributed by atoms with van der Waals surface area (Å²) in [4.78, 5) is 0. The van der Waals surface area contributed by atoms with Gasteiger partial charge in [-0.25, -0.2) is 0 Å². The topological polar surface area (TPSA) is 9.86 Å². The summed E-state index contributed by atoms with van der Waals surface area (Å²) in [5, 5.41) is 2.86. The van der Waals surface area contributed by atoms with Gasteiger partial charge in [0, 0.05) is 33.5 Å². The minimum Gasteiger partial charge on any atom is -0.310 e. The third kappa shape index (κ3) is 9.17. The van der Waals surface area contributed by atoms with E-state index in [1.807, 2.05) is 0 Å². The lowest BCUT2D eigenvalue weighted by Gasteiger charge is -2.16. The summed E-state index contributed by atoms with van der Waals surface area (Å²) in [5.74, 6) is 0.936. The molecule has 0 radical (unpaired) electrons. The lowest BCUT2D eigenvalue weighted by atomic mass is 9.93. The van der Waals surface area contributed by atoms with Gasteiger partial charge < -0.3 is 9.13 Å². The second-order valence-corrected chi connectivity index (χ2v) is 16.6. The predicted molar refractivity (Wildman–Crippen MR) is 253 cm³/mol. The third-order valence-corrected chi connectivity index (χ3v) is 11.7. The van der Waals surface area contributed by atoms with E-state index in [4.69, 9.17) is 0 Å². The fourth-order valence-electron chi connectivity index (χ4n) is 8.78. The van der Waals surface area contributed by atoms with Gasteiger partial charge >= 0.3 is 0 Å². The van der Waals surface area contributed by atoms with Gasteiger partial charge in [-0.05, 0) is 127 Å². The van der Waals surface area contributed by atoms with E-state index in [9.17, 15) is 0 Å². The number of aryl methyl sites for hydroxylation is 2. The summed E-state index contributed by atoms with van der Waals surface area (Å²) in [5.41, 5.74) is 16.1. The molecule has 4 aromatic carbocycles. The fourth-order valence-corrected chi connectivity index (χ4v) is 8.78. The number of fused-ring (bicyclic) bond motifs is 6. The Labute approximate surface area is 345 Å². The van der Waals surface area contributed by atoms with E-state index in [-0.39, 0.29) is 0 Å². The number of rotatable bonds is 11. The van der Waals surface area contributed by atoms with Gasteiger partial charge in [0.15, 0.2) is 0 Å². The summed E-state index contributed by atoms with van der Waals surface area (Å²) in [6.07, 6.45) is 27.5. The van der Waals surface area contributed by atoms with Crippen LogP contribution in [0.15, 0.2) is 109 Å². The van der Waals surface area contributed by atoms with Crippen LogP contribution in [0.2, 0.25) is 0 Å². The fraction of sp³-hybridized carbons (Fsp3) is 0.382. The van der Waals surface area contributed by atoms with Crippen molar-refractivity contribution in [3.63, 3.8) is 0 Å². The third-order valence-electron chi connectivity index (χ3n) is 11.7. The van der Waals surface area contributed by atoms with Crippen LogP contribution in [0.1, 0.15) is 159 Å². The number of hydrogen-bond donors (Lipinski definition) is 0. The van der Waals surface area contributed by atoms with Crippen molar-refractivity contribution in [1.82, 2.24) is 9.13 Å². The quantitative estimate of drug-likeness (QED) is 0.0920. The average Bonchev–Trinajstić information content (AvgIpc) is 3.77. The summed E-state index contributed by atoms with van der Waals surface area (Å²) in [6.45, 7) is 18.0. The van der Waals surface area contributed by atoms with E-state index in [1.54, 1.807) is 0 Å². The molecule has 0 bridgehead atoms. The lowest BCUT2D eigenvalue weighted by molar-refractivity contribution is 0.656. The maximum atomic E-state index is 2.52. The molecule has 2 aromatic heterocycles. The number of aromatic nitrogens is 2. The molecule has 0 atom stereocenters. The first-order valence-corrected chi connectivity index (χ1v) is 22.3. The van der Waals surface area contributed by atoms with Crippen molar-refractivity contribution in [1.29, 1.82) is 0 Å². The number of benzene rings is 4. The number of nitrogens with zero attached hydrogens (tertiary/aromatic N) is 2. The highest BCUT2D eigenvalue weighted by atomic mass is 15.0. The van der Waals surface area contributed by atoms with Gasteiger partial charge in [0.05, 0.1) is 11.0 Å². The second kappa shape index (κ2) is 20.0. The zero-order chi connectivity index (χ0) is 40.3. The van der Waals surface area contributed by atoms with Gasteiger partial charge in [-0.1, -0.05) is 166 Å². The Morgan fingerprint density at radius 3 is 1.74 bits per heavy atom. The van der Waals surface area contributed by atoms with Gasteiger partial charge in [-0.15, -0.1) is 0 Å². The van der Waals surface area contributed by atoms with Gasteiger partial charge in [0.2, 0.25) is 0 Å². The molecule has 2 aliphatic carbocycles. The van der Waals surface area contributed by atoms with Crippen molar-refractivity contribution in [2.75, 3.05) is 0 Å². The SMILES string of the molecule is C/C=C\CCC.CC(C)c1cccc2c1c1c(n2-c2cccc(-c3cccc(-n4c5c(c6cccc(C(C)C)c64)CCC=C5)c3)c2)C=CCC1.CCCCCCC. The molecule has 57 heavy (non-hydrogen) atoms. The standard InChI is InChI=1S/C42H40N2.C7H16.C6H12/c1-27(2)33-19-12-24-40-41(33)37-18-6-8-23-39(37)43(40)31-15-9-13-29(25-31)30-14-10-16-32(26-30)44-38-22-7-5-17-35(38)36-21-11-20-34(28(3)4)42(36)44;1-3-5-7-6-4-2;1-3-5-6-4-2/h7-16,19-28H,5-6,17-18H2,1-4H3;3-7H2,1-2H3;3,5H,4,6H2,1-2H3/b;;5-3-. The summed E-state index contributed by atoms with van der Waals surface area (Å²) >= 11 is 0.